The van der Waals surface area contributed by atoms with E-state index in [1.165, 1.54) is 18.2 Å². The summed E-state index contributed by atoms with van der Waals surface area (Å²) >= 11 is 0. The maximum absolute atomic E-state index is 14.0. The van der Waals surface area contributed by atoms with Crippen LogP contribution in [0.4, 0.5) is 38.2 Å². The zero-order chi connectivity index (χ0) is 22.8. The van der Waals surface area contributed by atoms with E-state index in [9.17, 15) is 26.3 Å². The minimum Gasteiger partial charge on any atom is -0.418 e. The summed E-state index contributed by atoms with van der Waals surface area (Å²) in [4.78, 5) is 13.8. The zero-order valence-corrected chi connectivity index (χ0v) is 16.3. The Morgan fingerprint density at radius 1 is 0.844 bits per heavy atom. The quantitative estimate of drug-likeness (QED) is 0.330. The van der Waals surface area contributed by atoms with Crippen LogP contribution < -0.4 is 15.0 Å². The molecule has 2 aromatic carbocycles. The Morgan fingerprint density at radius 2 is 1.50 bits per heavy atom. The number of ether oxygens (including phenoxy) is 1. The third-order valence-corrected chi connectivity index (χ3v) is 4.69. The molecule has 0 amide bonds. The zero-order valence-electron chi connectivity index (χ0n) is 16.3. The standard InChI is InChI=1S/C20H15F6N5O/c21-11-5-3-4-10(8-11)9-27-18-28-19(31-6-1-2-7-31)30-20(29-18)32-17-15(25)13(23)12(22)14(24)16(17)26/h3-5,8H,1-2,6-7,9H2,(H,27,28,29,30). The summed E-state index contributed by atoms with van der Waals surface area (Å²) in [5, 5.41) is 2.81. The van der Waals surface area contributed by atoms with E-state index in [4.69, 9.17) is 4.74 Å². The minimum atomic E-state index is -2.31. The second-order valence-electron chi connectivity index (χ2n) is 6.92. The molecule has 1 aromatic heterocycles. The highest BCUT2D eigenvalue weighted by molar-refractivity contribution is 5.41. The topological polar surface area (TPSA) is 63.2 Å². The SMILES string of the molecule is Fc1cccc(CNc2nc(Oc3c(F)c(F)c(F)c(F)c3F)nc(N3CCCC3)n2)c1. The van der Waals surface area contributed by atoms with Crippen molar-refractivity contribution in [2.45, 2.75) is 19.4 Å². The molecule has 1 N–H and O–H groups in total. The van der Waals surface area contributed by atoms with Crippen LogP contribution in [0.2, 0.25) is 0 Å². The molecule has 4 rings (SSSR count). The average Bonchev–Trinajstić information content (AvgIpc) is 3.33. The van der Waals surface area contributed by atoms with Crippen LogP contribution in [0.15, 0.2) is 24.3 Å². The number of halogens is 6. The Bertz CT molecular complexity index is 1130. The molecule has 0 unspecified atom stereocenters. The molecular weight excluding hydrogens is 440 g/mol. The molecule has 0 saturated carbocycles. The van der Waals surface area contributed by atoms with Crippen LogP contribution in [-0.2, 0) is 6.54 Å². The molecule has 0 aliphatic carbocycles. The molecule has 0 atom stereocenters. The summed E-state index contributed by atoms with van der Waals surface area (Å²) < 4.78 is 86.6. The van der Waals surface area contributed by atoms with Gasteiger partial charge in [0, 0.05) is 19.6 Å². The van der Waals surface area contributed by atoms with Gasteiger partial charge in [-0.3, -0.25) is 0 Å². The lowest BCUT2D eigenvalue weighted by Gasteiger charge is -2.17. The van der Waals surface area contributed by atoms with Crippen LogP contribution in [0.1, 0.15) is 18.4 Å². The second-order valence-corrected chi connectivity index (χ2v) is 6.92. The van der Waals surface area contributed by atoms with Crippen molar-refractivity contribution < 1.29 is 31.1 Å². The number of nitrogens with one attached hydrogen (secondary N) is 1. The Balaban J connectivity index is 1.67. The smallest absolute Gasteiger partial charge is 0.328 e. The molecule has 0 bridgehead atoms. The van der Waals surface area contributed by atoms with Crippen molar-refractivity contribution in [2.24, 2.45) is 0 Å². The van der Waals surface area contributed by atoms with E-state index in [0.717, 1.165) is 12.8 Å². The number of hydrogen-bond acceptors (Lipinski definition) is 6. The molecular formula is C20H15F6N5O. The normalized spacial score (nSPS) is 13.5. The summed E-state index contributed by atoms with van der Waals surface area (Å²) in [6.07, 6.45) is 1.71. The Hall–Kier alpha value is -3.57. The summed E-state index contributed by atoms with van der Waals surface area (Å²) in [6, 6.07) is 5.03. The first-order valence-corrected chi connectivity index (χ1v) is 9.52. The van der Waals surface area contributed by atoms with Crippen molar-refractivity contribution in [3.8, 4) is 11.8 Å². The van der Waals surface area contributed by atoms with Gasteiger partial charge in [0.25, 0.3) is 0 Å². The van der Waals surface area contributed by atoms with E-state index in [1.807, 2.05) is 0 Å². The molecule has 12 heteroatoms. The maximum atomic E-state index is 14.0. The molecule has 2 heterocycles. The van der Waals surface area contributed by atoms with Crippen LogP contribution in [0.5, 0.6) is 11.8 Å². The summed E-state index contributed by atoms with van der Waals surface area (Å²) in [5.74, 6) is -12.9. The number of rotatable bonds is 6. The molecule has 32 heavy (non-hydrogen) atoms. The Kier molecular flexibility index (Phi) is 6.01. The predicted octanol–water partition coefficient (Wildman–Crippen LogP) is 4.71. The van der Waals surface area contributed by atoms with Crippen LogP contribution in [0.25, 0.3) is 0 Å². The van der Waals surface area contributed by atoms with Crippen molar-refractivity contribution in [1.29, 1.82) is 0 Å². The first-order valence-electron chi connectivity index (χ1n) is 9.52. The van der Waals surface area contributed by atoms with Gasteiger partial charge < -0.3 is 15.0 Å². The predicted molar refractivity (Wildman–Crippen MR) is 101 cm³/mol. The van der Waals surface area contributed by atoms with Crippen LogP contribution >= 0.6 is 0 Å². The number of nitrogens with zero attached hydrogens (tertiary/aromatic N) is 4. The molecule has 1 saturated heterocycles. The van der Waals surface area contributed by atoms with Gasteiger partial charge in [-0.25, -0.2) is 17.6 Å². The third kappa shape index (κ3) is 4.39. The molecule has 6 nitrogen and oxygen atoms in total. The number of hydrogen-bond donors (Lipinski definition) is 1. The number of aromatic nitrogens is 3. The first kappa shape index (κ1) is 21.7. The summed E-state index contributed by atoms with van der Waals surface area (Å²) in [5.41, 5.74) is 0.551. The monoisotopic (exact) mass is 455 g/mol. The molecule has 1 fully saturated rings. The minimum absolute atomic E-state index is 0.0865. The largest absolute Gasteiger partial charge is 0.418 e. The molecule has 0 spiro atoms. The van der Waals surface area contributed by atoms with Crippen molar-refractivity contribution in [3.05, 3.63) is 64.7 Å². The second kappa shape index (κ2) is 8.89. The maximum Gasteiger partial charge on any atom is 0.328 e. The van der Waals surface area contributed by atoms with E-state index in [1.54, 1.807) is 11.0 Å². The van der Waals surface area contributed by atoms with Gasteiger partial charge in [0.05, 0.1) is 0 Å². The summed E-state index contributed by atoms with van der Waals surface area (Å²) in [6.45, 7) is 1.27. The first-order chi connectivity index (χ1) is 15.3. The highest BCUT2D eigenvalue weighted by Crippen LogP contribution is 2.32. The highest BCUT2D eigenvalue weighted by Gasteiger charge is 2.28. The number of anilines is 2. The van der Waals surface area contributed by atoms with Gasteiger partial charge in [-0.1, -0.05) is 12.1 Å². The molecule has 0 radical (unpaired) electrons. The van der Waals surface area contributed by atoms with E-state index in [0.29, 0.717) is 18.7 Å². The fraction of sp³-hybridized carbons (Fsp3) is 0.250. The van der Waals surface area contributed by atoms with Gasteiger partial charge in [0.15, 0.2) is 0 Å². The van der Waals surface area contributed by atoms with Gasteiger partial charge in [-0.2, -0.15) is 23.7 Å². The Morgan fingerprint density at radius 3 is 2.16 bits per heavy atom. The third-order valence-electron chi connectivity index (χ3n) is 4.69. The summed E-state index contributed by atoms with van der Waals surface area (Å²) in [7, 11) is 0. The molecule has 1 aliphatic rings. The van der Waals surface area contributed by atoms with E-state index in [2.05, 4.69) is 20.3 Å². The van der Waals surface area contributed by atoms with E-state index >= 15 is 0 Å². The lowest BCUT2D eigenvalue weighted by molar-refractivity contribution is 0.322. The van der Waals surface area contributed by atoms with Gasteiger partial charge in [-0.15, -0.1) is 0 Å². The Labute approximate surface area is 177 Å². The number of benzene rings is 2. The van der Waals surface area contributed by atoms with E-state index in [-0.39, 0.29) is 18.4 Å². The fourth-order valence-corrected chi connectivity index (χ4v) is 3.12. The van der Waals surface area contributed by atoms with Gasteiger partial charge in [0.1, 0.15) is 5.82 Å². The van der Waals surface area contributed by atoms with E-state index < -0.39 is 46.7 Å². The van der Waals surface area contributed by atoms with Crippen LogP contribution in [0, 0.1) is 34.9 Å². The van der Waals surface area contributed by atoms with Crippen LogP contribution in [0.3, 0.4) is 0 Å². The van der Waals surface area contributed by atoms with Gasteiger partial charge in [0.2, 0.25) is 46.7 Å². The van der Waals surface area contributed by atoms with Gasteiger partial charge >= 0.3 is 6.01 Å². The fourth-order valence-electron chi connectivity index (χ4n) is 3.12. The van der Waals surface area contributed by atoms with Gasteiger partial charge in [-0.05, 0) is 30.5 Å². The molecule has 3 aromatic rings. The van der Waals surface area contributed by atoms with Crippen LogP contribution in [-0.4, -0.2) is 28.0 Å². The highest BCUT2D eigenvalue weighted by atomic mass is 19.2. The van der Waals surface area contributed by atoms with Crippen molar-refractivity contribution in [3.63, 3.8) is 0 Å². The lowest BCUT2D eigenvalue weighted by Crippen LogP contribution is -2.22. The van der Waals surface area contributed by atoms with Crippen molar-refractivity contribution in [2.75, 3.05) is 23.3 Å². The lowest BCUT2D eigenvalue weighted by atomic mass is 10.2. The van der Waals surface area contributed by atoms with Crippen molar-refractivity contribution >= 4 is 11.9 Å². The molecule has 168 valence electrons. The average molecular weight is 455 g/mol. The van der Waals surface area contributed by atoms with Crippen molar-refractivity contribution in [1.82, 2.24) is 15.0 Å². The molecule has 1 aliphatic heterocycles.